The maximum atomic E-state index is 12.5. The molecule has 2 N–H and O–H groups in total. The van der Waals surface area contributed by atoms with Gasteiger partial charge >= 0.3 is 5.97 Å². The predicted octanol–water partition coefficient (Wildman–Crippen LogP) is 5.15. The van der Waals surface area contributed by atoms with Crippen molar-refractivity contribution in [1.29, 1.82) is 0 Å². The molecule has 166 valence electrons. The van der Waals surface area contributed by atoms with Gasteiger partial charge in [0.2, 0.25) is 0 Å². The fourth-order valence-corrected chi connectivity index (χ4v) is 3.14. The summed E-state index contributed by atoms with van der Waals surface area (Å²) in [5.74, 6) is -1.07. The first-order valence-corrected chi connectivity index (χ1v) is 10.4. The van der Waals surface area contributed by atoms with E-state index in [2.05, 4.69) is 24.5 Å². The monoisotopic (exact) mass is 434 g/mol. The lowest BCUT2D eigenvalue weighted by Crippen LogP contribution is -2.22. The second kappa shape index (κ2) is 10.4. The van der Waals surface area contributed by atoms with Gasteiger partial charge in [0, 0.05) is 11.4 Å². The molecule has 2 amide bonds. The summed E-state index contributed by atoms with van der Waals surface area (Å²) in [4.78, 5) is 37.0. The number of para-hydroxylation sites is 1. The van der Waals surface area contributed by atoms with E-state index in [9.17, 15) is 14.4 Å². The predicted molar refractivity (Wildman–Crippen MR) is 122 cm³/mol. The Morgan fingerprint density at radius 3 is 2.50 bits per heavy atom. The smallest absolute Gasteiger partial charge is 0.338 e. The van der Waals surface area contributed by atoms with Crippen molar-refractivity contribution in [1.82, 2.24) is 0 Å². The molecule has 0 unspecified atom stereocenters. The number of benzene rings is 2. The number of hydrogen-bond acceptors (Lipinski definition) is 5. The molecular weight excluding hydrogens is 408 g/mol. The number of hydrogen-bond donors (Lipinski definition) is 2. The van der Waals surface area contributed by atoms with Gasteiger partial charge in [-0.25, -0.2) is 4.79 Å². The highest BCUT2D eigenvalue weighted by molar-refractivity contribution is 6.03. The molecule has 1 atom stereocenters. The molecular formula is C25H26N2O5. The van der Waals surface area contributed by atoms with Gasteiger partial charge in [0.15, 0.2) is 12.4 Å². The van der Waals surface area contributed by atoms with Gasteiger partial charge in [-0.2, -0.15) is 0 Å². The number of ether oxygens (including phenoxy) is 1. The Kier molecular flexibility index (Phi) is 7.44. The highest BCUT2D eigenvalue weighted by Crippen LogP contribution is 2.26. The van der Waals surface area contributed by atoms with Crippen LogP contribution in [0, 0.1) is 6.92 Å². The molecule has 0 saturated heterocycles. The molecule has 3 aromatic rings. The van der Waals surface area contributed by atoms with Gasteiger partial charge in [-0.05, 0) is 60.7 Å². The quantitative estimate of drug-likeness (QED) is 0.478. The van der Waals surface area contributed by atoms with E-state index in [4.69, 9.17) is 9.15 Å². The average Bonchev–Trinajstić information content (AvgIpc) is 3.34. The van der Waals surface area contributed by atoms with Crippen LogP contribution in [0.25, 0.3) is 0 Å². The molecule has 0 aliphatic carbocycles. The first-order chi connectivity index (χ1) is 15.4. The molecule has 0 fully saturated rings. The zero-order chi connectivity index (χ0) is 23.1. The largest absolute Gasteiger partial charge is 0.459 e. The molecule has 3 rings (SSSR count). The summed E-state index contributed by atoms with van der Waals surface area (Å²) < 4.78 is 10.3. The van der Waals surface area contributed by atoms with E-state index in [1.54, 1.807) is 31.2 Å². The Balaban J connectivity index is 1.61. The summed E-state index contributed by atoms with van der Waals surface area (Å²) in [6.07, 6.45) is 2.34. The van der Waals surface area contributed by atoms with Crippen molar-refractivity contribution in [3.05, 3.63) is 83.3 Å². The molecule has 1 aromatic heterocycles. The van der Waals surface area contributed by atoms with Crippen molar-refractivity contribution in [2.24, 2.45) is 0 Å². The van der Waals surface area contributed by atoms with Gasteiger partial charge < -0.3 is 19.8 Å². The van der Waals surface area contributed by atoms with Crippen molar-refractivity contribution < 1.29 is 23.5 Å². The maximum absolute atomic E-state index is 12.5. The van der Waals surface area contributed by atoms with Crippen molar-refractivity contribution in [2.45, 2.75) is 33.1 Å². The van der Waals surface area contributed by atoms with E-state index in [-0.39, 0.29) is 17.2 Å². The standard InChI is InChI=1S/C25H26N2O5/c1-4-16(2)19-8-5-6-9-20(19)26-23(28)15-32-25(30)18-12-11-17(3)21(14-18)27-24(29)22-10-7-13-31-22/h5-14,16H,4,15H2,1-3H3,(H,26,28)(H,27,29)/t16-/m0/s1. The van der Waals surface area contributed by atoms with E-state index >= 15 is 0 Å². The van der Waals surface area contributed by atoms with Crippen LogP contribution in [0.4, 0.5) is 11.4 Å². The zero-order valence-electron chi connectivity index (χ0n) is 18.3. The van der Waals surface area contributed by atoms with Gasteiger partial charge in [-0.15, -0.1) is 0 Å². The van der Waals surface area contributed by atoms with Crippen LogP contribution in [-0.4, -0.2) is 24.4 Å². The second-order valence-electron chi connectivity index (χ2n) is 7.48. The van der Waals surface area contributed by atoms with Crippen LogP contribution in [0.3, 0.4) is 0 Å². The molecule has 7 nitrogen and oxygen atoms in total. The van der Waals surface area contributed by atoms with Gasteiger partial charge in [-0.1, -0.05) is 38.1 Å². The van der Waals surface area contributed by atoms with Gasteiger partial charge in [0.1, 0.15) is 0 Å². The molecule has 0 aliphatic rings. The molecule has 7 heteroatoms. The lowest BCUT2D eigenvalue weighted by Gasteiger charge is -2.15. The van der Waals surface area contributed by atoms with E-state index in [1.807, 2.05) is 24.3 Å². The summed E-state index contributed by atoms with van der Waals surface area (Å²) in [7, 11) is 0. The zero-order valence-corrected chi connectivity index (χ0v) is 18.3. The topological polar surface area (TPSA) is 97.6 Å². The van der Waals surface area contributed by atoms with Crippen LogP contribution < -0.4 is 10.6 Å². The first-order valence-electron chi connectivity index (χ1n) is 10.4. The Morgan fingerprint density at radius 2 is 1.78 bits per heavy atom. The van der Waals surface area contributed by atoms with Gasteiger partial charge in [-0.3, -0.25) is 9.59 Å². The number of esters is 1. The van der Waals surface area contributed by atoms with Gasteiger partial charge in [0.25, 0.3) is 11.8 Å². The van der Waals surface area contributed by atoms with Crippen molar-refractivity contribution in [3.8, 4) is 0 Å². The fraction of sp³-hybridized carbons (Fsp3) is 0.240. The first kappa shape index (κ1) is 22.8. The Bertz CT molecular complexity index is 1110. The van der Waals surface area contributed by atoms with E-state index in [0.717, 1.165) is 17.5 Å². The van der Waals surface area contributed by atoms with E-state index < -0.39 is 24.4 Å². The van der Waals surface area contributed by atoms with E-state index in [0.29, 0.717) is 11.4 Å². The van der Waals surface area contributed by atoms with Crippen molar-refractivity contribution in [2.75, 3.05) is 17.2 Å². The Hall–Kier alpha value is -3.87. The minimum absolute atomic E-state index is 0.159. The molecule has 2 aromatic carbocycles. The molecule has 0 saturated carbocycles. The molecule has 0 bridgehead atoms. The van der Waals surface area contributed by atoms with Crippen LogP contribution in [0.1, 0.15) is 58.2 Å². The number of carbonyl (C=O) groups excluding carboxylic acids is 3. The fourth-order valence-electron chi connectivity index (χ4n) is 3.14. The SMILES string of the molecule is CC[C@H](C)c1ccccc1NC(=O)COC(=O)c1ccc(C)c(NC(=O)c2ccco2)c1. The average molecular weight is 434 g/mol. The Labute approximate surface area is 186 Å². The number of amides is 2. The molecule has 1 heterocycles. The van der Waals surface area contributed by atoms with Crippen LogP contribution in [0.15, 0.2) is 65.3 Å². The summed E-state index contributed by atoms with van der Waals surface area (Å²) in [5.41, 5.74) is 3.18. The van der Waals surface area contributed by atoms with Crippen molar-refractivity contribution >= 4 is 29.2 Å². The number of aryl methyl sites for hydroxylation is 1. The number of rotatable bonds is 8. The molecule has 0 spiro atoms. The lowest BCUT2D eigenvalue weighted by atomic mass is 9.97. The normalized spacial score (nSPS) is 11.5. The van der Waals surface area contributed by atoms with Crippen LogP contribution in [0.5, 0.6) is 0 Å². The molecule has 0 aliphatic heterocycles. The summed E-state index contributed by atoms with van der Waals surface area (Å²) >= 11 is 0. The minimum atomic E-state index is -0.663. The molecule has 32 heavy (non-hydrogen) atoms. The van der Waals surface area contributed by atoms with Crippen LogP contribution >= 0.6 is 0 Å². The highest BCUT2D eigenvalue weighted by atomic mass is 16.5. The number of nitrogens with one attached hydrogen (secondary N) is 2. The summed E-state index contributed by atoms with van der Waals surface area (Å²) in [6, 6.07) is 15.5. The lowest BCUT2D eigenvalue weighted by molar-refractivity contribution is -0.119. The number of furan rings is 1. The van der Waals surface area contributed by atoms with E-state index in [1.165, 1.54) is 12.3 Å². The third-order valence-electron chi connectivity index (χ3n) is 5.18. The minimum Gasteiger partial charge on any atom is -0.459 e. The van der Waals surface area contributed by atoms with Gasteiger partial charge in [0.05, 0.1) is 11.8 Å². The summed E-state index contributed by atoms with van der Waals surface area (Å²) in [5, 5.41) is 5.52. The number of carbonyl (C=O) groups is 3. The highest BCUT2D eigenvalue weighted by Gasteiger charge is 2.16. The van der Waals surface area contributed by atoms with Crippen LogP contribution in [-0.2, 0) is 9.53 Å². The number of anilines is 2. The second-order valence-corrected chi connectivity index (χ2v) is 7.48. The molecule has 0 radical (unpaired) electrons. The van der Waals surface area contributed by atoms with Crippen molar-refractivity contribution in [3.63, 3.8) is 0 Å². The summed E-state index contributed by atoms with van der Waals surface area (Å²) in [6.45, 7) is 5.55. The third-order valence-corrected chi connectivity index (χ3v) is 5.18. The maximum Gasteiger partial charge on any atom is 0.338 e. The van der Waals surface area contributed by atoms with Crippen LogP contribution in [0.2, 0.25) is 0 Å². The Morgan fingerprint density at radius 1 is 1.00 bits per heavy atom. The third kappa shape index (κ3) is 5.63.